The van der Waals surface area contributed by atoms with E-state index in [4.69, 9.17) is 5.73 Å². The van der Waals surface area contributed by atoms with Gasteiger partial charge in [0.15, 0.2) is 0 Å². The summed E-state index contributed by atoms with van der Waals surface area (Å²) in [5, 5.41) is 12.1. The Morgan fingerprint density at radius 2 is 2.04 bits per heavy atom. The monoisotopic (exact) mass is 345 g/mol. The van der Waals surface area contributed by atoms with Gasteiger partial charge in [-0.05, 0) is 38.3 Å². The number of aromatic nitrogens is 2. The van der Waals surface area contributed by atoms with Crippen LogP contribution < -0.4 is 11.1 Å². The fourth-order valence-corrected chi connectivity index (χ4v) is 3.63. The second kappa shape index (κ2) is 6.49. The van der Waals surface area contributed by atoms with Crippen molar-refractivity contribution in [3.05, 3.63) is 40.4 Å². The number of rotatable bonds is 4. The Labute approximate surface area is 146 Å². The number of benzene rings is 1. The van der Waals surface area contributed by atoms with Crippen LogP contribution >= 0.6 is 11.3 Å². The molecule has 6 nitrogen and oxygen atoms in total. The summed E-state index contributed by atoms with van der Waals surface area (Å²) in [6.45, 7) is 7.48. The van der Waals surface area contributed by atoms with Crippen LogP contribution in [0.1, 0.15) is 36.9 Å². The molecule has 1 unspecified atom stereocenters. The summed E-state index contributed by atoms with van der Waals surface area (Å²) in [6, 6.07) is 8.22. The quantitative estimate of drug-likeness (QED) is 0.884. The van der Waals surface area contributed by atoms with Gasteiger partial charge in [-0.1, -0.05) is 35.6 Å². The zero-order valence-corrected chi connectivity index (χ0v) is 15.1. The van der Waals surface area contributed by atoms with Gasteiger partial charge >= 0.3 is 0 Å². The van der Waals surface area contributed by atoms with Crippen molar-refractivity contribution >= 4 is 22.4 Å². The van der Waals surface area contributed by atoms with Gasteiger partial charge in [-0.15, -0.1) is 10.2 Å². The minimum Gasteiger partial charge on any atom is -0.374 e. The highest BCUT2D eigenvalue weighted by atomic mass is 32.1. The molecule has 0 saturated heterocycles. The van der Waals surface area contributed by atoms with Crippen LogP contribution in [0.2, 0.25) is 0 Å². The third kappa shape index (κ3) is 3.42. The van der Waals surface area contributed by atoms with Crippen molar-refractivity contribution in [3.8, 4) is 0 Å². The normalized spacial score (nSPS) is 16.5. The van der Waals surface area contributed by atoms with Crippen molar-refractivity contribution in [2.75, 3.05) is 12.3 Å². The molecule has 1 aromatic carbocycles. The molecular formula is C17H23N5OS. The molecule has 1 amide bonds. The van der Waals surface area contributed by atoms with Gasteiger partial charge in [-0.3, -0.25) is 9.69 Å². The van der Waals surface area contributed by atoms with Crippen molar-refractivity contribution < 1.29 is 4.79 Å². The average Bonchev–Trinajstić information content (AvgIpc) is 3.00. The summed E-state index contributed by atoms with van der Waals surface area (Å²) in [6.07, 6.45) is 0.976. The topological polar surface area (TPSA) is 84.1 Å². The Morgan fingerprint density at radius 1 is 1.33 bits per heavy atom. The molecule has 0 bridgehead atoms. The number of carbonyl (C=O) groups excluding carboxylic acids is 1. The lowest BCUT2D eigenvalue weighted by molar-refractivity contribution is -0.128. The van der Waals surface area contributed by atoms with Crippen molar-refractivity contribution in [1.82, 2.24) is 20.4 Å². The van der Waals surface area contributed by atoms with E-state index in [0.717, 1.165) is 19.5 Å². The third-order valence-electron chi connectivity index (χ3n) is 4.50. The molecule has 0 radical (unpaired) electrons. The maximum atomic E-state index is 12.7. The van der Waals surface area contributed by atoms with Crippen molar-refractivity contribution in [3.63, 3.8) is 0 Å². The fraction of sp³-hybridized carbons (Fsp3) is 0.471. The highest BCUT2D eigenvalue weighted by Crippen LogP contribution is 2.26. The second-order valence-corrected chi connectivity index (χ2v) is 7.73. The lowest BCUT2D eigenvalue weighted by Gasteiger charge is -2.34. The van der Waals surface area contributed by atoms with Crippen LogP contribution in [0, 0.1) is 0 Å². The summed E-state index contributed by atoms with van der Waals surface area (Å²) in [7, 11) is 0. The fourth-order valence-electron chi connectivity index (χ4n) is 2.97. The molecule has 0 aliphatic carbocycles. The molecule has 2 aromatic rings. The molecule has 7 heteroatoms. The average molecular weight is 345 g/mol. The zero-order chi connectivity index (χ0) is 17.3. The van der Waals surface area contributed by atoms with Crippen LogP contribution in [0.25, 0.3) is 0 Å². The Bertz CT molecular complexity index is 742. The summed E-state index contributed by atoms with van der Waals surface area (Å²) < 4.78 is 0. The van der Waals surface area contributed by atoms with Gasteiger partial charge in [0.05, 0.1) is 11.6 Å². The van der Waals surface area contributed by atoms with Gasteiger partial charge < -0.3 is 11.1 Å². The van der Waals surface area contributed by atoms with Crippen LogP contribution in [0.3, 0.4) is 0 Å². The molecule has 128 valence electrons. The highest BCUT2D eigenvalue weighted by Gasteiger charge is 2.32. The van der Waals surface area contributed by atoms with E-state index >= 15 is 0 Å². The molecule has 0 fully saturated rings. The summed E-state index contributed by atoms with van der Waals surface area (Å²) in [5.74, 6) is -0.00634. The first-order chi connectivity index (χ1) is 11.4. The Kier molecular flexibility index (Phi) is 4.56. The van der Waals surface area contributed by atoms with E-state index in [0.29, 0.717) is 10.1 Å². The molecule has 0 saturated carbocycles. The Balaban J connectivity index is 1.67. The number of hydrogen-bond acceptors (Lipinski definition) is 6. The van der Waals surface area contributed by atoms with E-state index in [1.807, 2.05) is 20.8 Å². The molecule has 24 heavy (non-hydrogen) atoms. The number of anilines is 1. The number of amides is 1. The standard InChI is InChI=1S/C17H23N5OS/c1-11(22-9-8-12-6-4-5-7-13(12)10-22)14(23)19-17(2,3)15-20-21-16(18)24-15/h4-7,11H,8-10H2,1-3H3,(H2,18,21)(H,19,23). The first-order valence-corrected chi connectivity index (χ1v) is 8.91. The van der Waals surface area contributed by atoms with Crippen LogP contribution in [0.15, 0.2) is 24.3 Å². The lowest BCUT2D eigenvalue weighted by Crippen LogP contribution is -2.51. The zero-order valence-electron chi connectivity index (χ0n) is 14.2. The van der Waals surface area contributed by atoms with Gasteiger partial charge in [-0.2, -0.15) is 0 Å². The van der Waals surface area contributed by atoms with Gasteiger partial charge in [0.25, 0.3) is 0 Å². The summed E-state index contributed by atoms with van der Waals surface area (Å²) >= 11 is 1.30. The predicted octanol–water partition coefficient (Wildman–Crippen LogP) is 1.92. The molecule has 0 spiro atoms. The van der Waals surface area contributed by atoms with Gasteiger partial charge in [0.1, 0.15) is 5.01 Å². The Hall–Kier alpha value is -1.99. The van der Waals surface area contributed by atoms with Crippen molar-refractivity contribution in [2.45, 2.75) is 45.3 Å². The largest absolute Gasteiger partial charge is 0.374 e. The molecule has 1 aliphatic rings. The maximum Gasteiger partial charge on any atom is 0.237 e. The summed E-state index contributed by atoms with van der Waals surface area (Å²) in [5.41, 5.74) is 7.75. The first-order valence-electron chi connectivity index (χ1n) is 8.09. The van der Waals surface area contributed by atoms with Gasteiger partial charge in [0, 0.05) is 13.1 Å². The van der Waals surface area contributed by atoms with Crippen molar-refractivity contribution in [2.24, 2.45) is 0 Å². The number of nitrogen functional groups attached to an aromatic ring is 1. The van der Waals surface area contributed by atoms with E-state index in [9.17, 15) is 4.79 Å². The van der Waals surface area contributed by atoms with E-state index < -0.39 is 5.54 Å². The number of hydrogen-bond donors (Lipinski definition) is 2. The van der Waals surface area contributed by atoms with Crippen LogP contribution in [-0.2, 0) is 23.3 Å². The predicted molar refractivity (Wildman–Crippen MR) is 95.5 cm³/mol. The number of nitrogens with two attached hydrogens (primary N) is 1. The molecule has 1 aliphatic heterocycles. The van der Waals surface area contributed by atoms with Gasteiger partial charge in [-0.25, -0.2) is 0 Å². The number of nitrogens with one attached hydrogen (secondary N) is 1. The van der Waals surface area contributed by atoms with Crippen LogP contribution in [-0.4, -0.2) is 33.6 Å². The highest BCUT2D eigenvalue weighted by molar-refractivity contribution is 7.15. The van der Waals surface area contributed by atoms with E-state index in [2.05, 4.69) is 44.7 Å². The summed E-state index contributed by atoms with van der Waals surface area (Å²) in [4.78, 5) is 14.9. The van der Waals surface area contributed by atoms with Crippen LogP contribution in [0.5, 0.6) is 0 Å². The Morgan fingerprint density at radius 3 is 2.71 bits per heavy atom. The molecule has 3 N–H and O–H groups in total. The molecule has 1 aromatic heterocycles. The van der Waals surface area contributed by atoms with Gasteiger partial charge in [0.2, 0.25) is 11.0 Å². The second-order valence-electron chi connectivity index (χ2n) is 6.72. The maximum absolute atomic E-state index is 12.7. The van der Waals surface area contributed by atoms with E-state index in [-0.39, 0.29) is 11.9 Å². The number of carbonyl (C=O) groups is 1. The molecule has 1 atom stereocenters. The minimum atomic E-state index is -0.589. The van der Waals surface area contributed by atoms with Crippen LogP contribution in [0.4, 0.5) is 5.13 Å². The third-order valence-corrected chi connectivity index (χ3v) is 5.57. The number of fused-ring (bicyclic) bond motifs is 1. The van der Waals surface area contributed by atoms with Crippen molar-refractivity contribution in [1.29, 1.82) is 0 Å². The lowest BCUT2D eigenvalue weighted by atomic mass is 9.98. The molecule has 3 rings (SSSR count). The van der Waals surface area contributed by atoms with E-state index in [1.54, 1.807) is 0 Å². The minimum absolute atomic E-state index is 0.00634. The molecule has 2 heterocycles. The number of nitrogens with zero attached hydrogens (tertiary/aromatic N) is 3. The SMILES string of the molecule is CC(C(=O)NC(C)(C)c1nnc(N)s1)N1CCc2ccccc2C1. The smallest absolute Gasteiger partial charge is 0.237 e. The van der Waals surface area contributed by atoms with E-state index in [1.165, 1.54) is 22.5 Å². The molecular weight excluding hydrogens is 322 g/mol. The first kappa shape index (κ1) is 16.9.